The molecule has 6 nitrogen and oxygen atoms in total. The third-order valence-corrected chi connectivity index (χ3v) is 2.44. The van der Waals surface area contributed by atoms with Crippen molar-refractivity contribution in [2.24, 2.45) is 5.92 Å². The van der Waals surface area contributed by atoms with Crippen LogP contribution in [0.5, 0.6) is 0 Å². The Hall–Kier alpha value is -1.98. The quantitative estimate of drug-likeness (QED) is 0.438. The summed E-state index contributed by atoms with van der Waals surface area (Å²) < 4.78 is 10.3. The van der Waals surface area contributed by atoms with Gasteiger partial charge in [-0.1, -0.05) is 0 Å². The van der Waals surface area contributed by atoms with Crippen LogP contribution in [0.25, 0.3) is 0 Å². The Morgan fingerprint density at radius 2 is 1.17 bits per heavy atom. The summed E-state index contributed by atoms with van der Waals surface area (Å²) in [6.45, 7) is 12.3. The Kier molecular flexibility index (Phi) is 6.88. The lowest BCUT2D eigenvalue weighted by Crippen LogP contribution is -2.33. The zero-order valence-corrected chi connectivity index (χ0v) is 15.1. The summed E-state index contributed by atoms with van der Waals surface area (Å²) in [7, 11) is 0. The molecule has 0 rings (SSSR count). The fourth-order valence-corrected chi connectivity index (χ4v) is 1.78. The Bertz CT molecular complexity index is 514. The van der Waals surface area contributed by atoms with Gasteiger partial charge in [0.05, 0.1) is 5.57 Å². The highest BCUT2D eigenvalue weighted by Gasteiger charge is 2.33. The number of ether oxygens (including phenoxy) is 2. The van der Waals surface area contributed by atoms with Crippen LogP contribution in [0.1, 0.15) is 55.4 Å². The molecule has 0 radical (unpaired) electrons. The minimum Gasteiger partial charge on any atom is -0.457 e. The Labute approximate surface area is 137 Å². The van der Waals surface area contributed by atoms with E-state index in [0.29, 0.717) is 0 Å². The van der Waals surface area contributed by atoms with Gasteiger partial charge in [0, 0.05) is 6.08 Å². The predicted octanol–water partition coefficient (Wildman–Crippen LogP) is 2.39. The van der Waals surface area contributed by atoms with E-state index in [-0.39, 0.29) is 5.57 Å². The summed E-state index contributed by atoms with van der Waals surface area (Å²) in [6.07, 6.45) is 0.868. The molecule has 0 aromatic rings. The van der Waals surface area contributed by atoms with Gasteiger partial charge in [-0.3, -0.25) is 9.59 Å². The molecule has 0 atom stereocenters. The number of rotatable bonds is 5. The van der Waals surface area contributed by atoms with Gasteiger partial charge >= 0.3 is 11.9 Å². The molecule has 6 heteroatoms. The van der Waals surface area contributed by atoms with E-state index in [9.17, 15) is 19.2 Å². The second-order valence-corrected chi connectivity index (χ2v) is 7.29. The Morgan fingerprint density at radius 1 is 0.783 bits per heavy atom. The van der Waals surface area contributed by atoms with Crippen LogP contribution < -0.4 is 0 Å². The van der Waals surface area contributed by atoms with Crippen LogP contribution in [-0.2, 0) is 28.7 Å². The van der Waals surface area contributed by atoms with Crippen LogP contribution in [0, 0.1) is 5.92 Å². The molecule has 0 saturated heterocycles. The molecule has 0 unspecified atom stereocenters. The van der Waals surface area contributed by atoms with Crippen LogP contribution in [0.3, 0.4) is 0 Å². The van der Waals surface area contributed by atoms with Gasteiger partial charge in [0.25, 0.3) is 0 Å². The van der Waals surface area contributed by atoms with Crippen molar-refractivity contribution in [1.82, 2.24) is 0 Å². The fraction of sp³-hybridized carbons (Fsp3) is 0.647. The monoisotopic (exact) mass is 326 g/mol. The predicted molar refractivity (Wildman–Crippen MR) is 84.6 cm³/mol. The first-order chi connectivity index (χ1) is 10.1. The van der Waals surface area contributed by atoms with E-state index >= 15 is 0 Å². The van der Waals surface area contributed by atoms with E-state index in [2.05, 4.69) is 0 Å². The topological polar surface area (TPSA) is 86.7 Å². The first-order valence-corrected chi connectivity index (χ1v) is 7.33. The molecule has 23 heavy (non-hydrogen) atoms. The maximum absolute atomic E-state index is 12.3. The van der Waals surface area contributed by atoms with E-state index in [1.54, 1.807) is 41.5 Å². The van der Waals surface area contributed by atoms with Crippen LogP contribution in [0.2, 0.25) is 0 Å². The number of Topliss-reactive ketones (excluding diaryl/α,β-unsaturated/α-hetero) is 2. The molecule has 0 bridgehead atoms. The van der Waals surface area contributed by atoms with Crippen molar-refractivity contribution in [3.05, 3.63) is 11.6 Å². The highest BCUT2D eigenvalue weighted by Crippen LogP contribution is 2.20. The number of carbonyl (C=O) groups excluding carboxylic acids is 4. The number of hydrogen-bond acceptors (Lipinski definition) is 6. The molecule has 0 saturated carbocycles. The molecule has 0 spiro atoms. The fourth-order valence-electron chi connectivity index (χ4n) is 1.78. The first-order valence-electron chi connectivity index (χ1n) is 7.33. The highest BCUT2D eigenvalue weighted by atomic mass is 16.6. The molecule has 0 fully saturated rings. The van der Waals surface area contributed by atoms with Crippen molar-refractivity contribution in [2.75, 3.05) is 0 Å². The van der Waals surface area contributed by atoms with Gasteiger partial charge < -0.3 is 9.47 Å². The summed E-state index contributed by atoms with van der Waals surface area (Å²) in [5, 5.41) is 0. The van der Waals surface area contributed by atoms with Crippen molar-refractivity contribution < 1.29 is 28.7 Å². The molecule has 0 aliphatic carbocycles. The highest BCUT2D eigenvalue weighted by molar-refractivity contribution is 6.12. The standard InChI is InChI=1S/C17H26O6/c1-10(18)14(11(2)19)12(15(21)23-17(6,7)8)9-13(20)22-16(3,4)5/h9,14H,1-8H3. The number of carbonyl (C=O) groups is 4. The molecular weight excluding hydrogens is 300 g/mol. The van der Waals surface area contributed by atoms with Gasteiger partial charge in [-0.05, 0) is 55.4 Å². The van der Waals surface area contributed by atoms with Crippen molar-refractivity contribution >= 4 is 23.5 Å². The van der Waals surface area contributed by atoms with E-state index in [1.165, 1.54) is 13.8 Å². The van der Waals surface area contributed by atoms with E-state index < -0.39 is 40.6 Å². The smallest absolute Gasteiger partial charge is 0.335 e. The van der Waals surface area contributed by atoms with Crippen molar-refractivity contribution in [1.29, 1.82) is 0 Å². The minimum atomic E-state index is -1.35. The second kappa shape index (κ2) is 7.53. The van der Waals surface area contributed by atoms with Crippen molar-refractivity contribution in [3.63, 3.8) is 0 Å². The third kappa shape index (κ3) is 8.28. The van der Waals surface area contributed by atoms with E-state index in [0.717, 1.165) is 6.08 Å². The number of esters is 2. The molecular formula is C17H26O6. The summed E-state index contributed by atoms with van der Waals surface area (Å²) in [5.74, 6) is -4.14. The normalized spacial score (nSPS) is 12.8. The molecule has 0 aromatic heterocycles. The lowest BCUT2D eigenvalue weighted by atomic mass is 9.91. The maximum atomic E-state index is 12.3. The van der Waals surface area contributed by atoms with Crippen LogP contribution >= 0.6 is 0 Å². The summed E-state index contributed by atoms with van der Waals surface area (Å²) in [5.41, 5.74) is -1.91. The van der Waals surface area contributed by atoms with Crippen LogP contribution in [0.15, 0.2) is 11.6 Å². The van der Waals surface area contributed by atoms with Gasteiger partial charge in [-0.15, -0.1) is 0 Å². The van der Waals surface area contributed by atoms with E-state index in [4.69, 9.17) is 9.47 Å². The van der Waals surface area contributed by atoms with Gasteiger partial charge in [0.1, 0.15) is 28.7 Å². The van der Waals surface area contributed by atoms with E-state index in [1.807, 2.05) is 0 Å². The molecule has 0 aromatic carbocycles. The number of hydrogen-bond donors (Lipinski definition) is 0. The minimum absolute atomic E-state index is 0.311. The largest absolute Gasteiger partial charge is 0.457 e. The number of ketones is 2. The first kappa shape index (κ1) is 21.0. The lowest BCUT2D eigenvalue weighted by molar-refractivity contribution is -0.154. The molecule has 0 aliphatic heterocycles. The zero-order valence-electron chi connectivity index (χ0n) is 15.1. The molecule has 0 N–H and O–H groups in total. The summed E-state index contributed by atoms with van der Waals surface area (Å²) >= 11 is 0. The van der Waals surface area contributed by atoms with Gasteiger partial charge in [0.15, 0.2) is 0 Å². The maximum Gasteiger partial charge on any atom is 0.335 e. The summed E-state index contributed by atoms with van der Waals surface area (Å²) in [4.78, 5) is 47.8. The average Bonchev–Trinajstić information content (AvgIpc) is 2.21. The zero-order chi connectivity index (χ0) is 18.6. The van der Waals surface area contributed by atoms with Crippen LogP contribution in [-0.4, -0.2) is 34.7 Å². The summed E-state index contributed by atoms with van der Waals surface area (Å²) in [6, 6.07) is 0. The molecule has 0 heterocycles. The van der Waals surface area contributed by atoms with Gasteiger partial charge in [0.2, 0.25) is 0 Å². The van der Waals surface area contributed by atoms with Gasteiger partial charge in [-0.2, -0.15) is 0 Å². The lowest BCUT2D eigenvalue weighted by Gasteiger charge is -2.23. The van der Waals surface area contributed by atoms with Crippen molar-refractivity contribution in [3.8, 4) is 0 Å². The Morgan fingerprint density at radius 3 is 1.48 bits per heavy atom. The third-order valence-electron chi connectivity index (χ3n) is 2.44. The second-order valence-electron chi connectivity index (χ2n) is 7.29. The Balaban J connectivity index is 5.80. The SMILES string of the molecule is CC(=O)C(C(C)=O)C(=CC(=O)OC(C)(C)C)C(=O)OC(C)(C)C. The molecule has 0 amide bonds. The van der Waals surface area contributed by atoms with Crippen LogP contribution in [0.4, 0.5) is 0 Å². The average molecular weight is 326 g/mol. The molecule has 130 valence electrons. The van der Waals surface area contributed by atoms with Gasteiger partial charge in [-0.25, -0.2) is 9.59 Å². The van der Waals surface area contributed by atoms with Crippen molar-refractivity contribution in [2.45, 2.75) is 66.6 Å². The molecule has 0 aliphatic rings.